The molecule has 0 aliphatic carbocycles. The number of hydrogen-bond donors (Lipinski definition) is 1. The molecule has 1 N–H and O–H groups in total. The van der Waals surface area contributed by atoms with Crippen LogP contribution in [0, 0.1) is 0 Å². The van der Waals surface area contributed by atoms with E-state index in [9.17, 15) is 0 Å². The number of pyridine rings is 1. The fraction of sp³-hybridized carbons (Fsp3) is 0.706. The zero-order valence-corrected chi connectivity index (χ0v) is 14.0. The van der Waals surface area contributed by atoms with E-state index < -0.39 is 0 Å². The van der Waals surface area contributed by atoms with E-state index in [1.165, 1.54) is 25.1 Å². The van der Waals surface area contributed by atoms with Gasteiger partial charge in [-0.1, -0.05) is 6.92 Å². The molecule has 0 spiro atoms. The normalized spacial score (nSPS) is 20.7. The summed E-state index contributed by atoms with van der Waals surface area (Å²) in [6, 6.07) is 5.35. The standard InChI is InChI=1S/C17H30N4/c1-5-10-18-14(2)17-9-8-15(12-19-17)21(4)13-16-7-6-11-20(16)3/h8-9,12,14,16,18H,5-7,10-11,13H2,1-4H3. The van der Waals surface area contributed by atoms with E-state index in [4.69, 9.17) is 0 Å². The van der Waals surface area contributed by atoms with Crippen LogP contribution >= 0.6 is 0 Å². The minimum Gasteiger partial charge on any atom is -0.372 e. The van der Waals surface area contributed by atoms with Gasteiger partial charge in [0.25, 0.3) is 0 Å². The van der Waals surface area contributed by atoms with Crippen molar-refractivity contribution in [1.82, 2.24) is 15.2 Å². The van der Waals surface area contributed by atoms with E-state index in [0.717, 1.165) is 25.2 Å². The third kappa shape index (κ3) is 4.42. The first-order valence-corrected chi connectivity index (χ1v) is 8.22. The number of likely N-dealkylation sites (tertiary alicyclic amines) is 1. The first-order valence-electron chi connectivity index (χ1n) is 8.22. The van der Waals surface area contributed by atoms with Crippen molar-refractivity contribution in [3.05, 3.63) is 24.0 Å². The lowest BCUT2D eigenvalue weighted by Gasteiger charge is -2.27. The molecule has 118 valence electrons. The first-order chi connectivity index (χ1) is 10.1. The summed E-state index contributed by atoms with van der Waals surface area (Å²) in [7, 11) is 4.40. The van der Waals surface area contributed by atoms with Gasteiger partial charge in [-0.2, -0.15) is 0 Å². The lowest BCUT2D eigenvalue weighted by atomic mass is 10.2. The van der Waals surface area contributed by atoms with Gasteiger partial charge in [0, 0.05) is 25.7 Å². The number of rotatable bonds is 7. The van der Waals surface area contributed by atoms with Crippen molar-refractivity contribution in [2.24, 2.45) is 0 Å². The van der Waals surface area contributed by atoms with E-state index in [1.54, 1.807) is 0 Å². The number of hydrogen-bond acceptors (Lipinski definition) is 4. The molecule has 1 aliphatic heterocycles. The average Bonchev–Trinajstić information content (AvgIpc) is 2.90. The van der Waals surface area contributed by atoms with Gasteiger partial charge in [-0.3, -0.25) is 4.98 Å². The number of nitrogens with one attached hydrogen (secondary N) is 1. The maximum atomic E-state index is 4.63. The number of likely N-dealkylation sites (N-methyl/N-ethyl adjacent to an activating group) is 2. The second-order valence-electron chi connectivity index (χ2n) is 6.27. The molecule has 1 aliphatic rings. The van der Waals surface area contributed by atoms with Crippen molar-refractivity contribution in [3.63, 3.8) is 0 Å². The third-order valence-electron chi connectivity index (χ3n) is 4.51. The Morgan fingerprint density at radius 2 is 2.29 bits per heavy atom. The van der Waals surface area contributed by atoms with Crippen molar-refractivity contribution < 1.29 is 0 Å². The highest BCUT2D eigenvalue weighted by Crippen LogP contribution is 2.20. The van der Waals surface area contributed by atoms with E-state index in [0.29, 0.717) is 12.1 Å². The summed E-state index contributed by atoms with van der Waals surface area (Å²) in [6.45, 7) is 7.72. The Kier molecular flexibility index (Phi) is 6.00. The van der Waals surface area contributed by atoms with Gasteiger partial charge in [-0.15, -0.1) is 0 Å². The van der Waals surface area contributed by atoms with E-state index in [2.05, 4.69) is 60.2 Å². The van der Waals surface area contributed by atoms with Crippen molar-refractivity contribution in [2.75, 3.05) is 38.6 Å². The molecule has 2 rings (SSSR count). The van der Waals surface area contributed by atoms with Crippen molar-refractivity contribution in [2.45, 2.75) is 45.2 Å². The van der Waals surface area contributed by atoms with Gasteiger partial charge < -0.3 is 15.1 Å². The number of nitrogens with zero attached hydrogens (tertiary/aromatic N) is 3. The van der Waals surface area contributed by atoms with Crippen LogP contribution in [0.3, 0.4) is 0 Å². The van der Waals surface area contributed by atoms with Gasteiger partial charge >= 0.3 is 0 Å². The fourth-order valence-corrected chi connectivity index (χ4v) is 2.98. The predicted octanol–water partition coefficient (Wildman–Crippen LogP) is 2.67. The summed E-state index contributed by atoms with van der Waals surface area (Å²) in [6.07, 6.45) is 5.80. The maximum absolute atomic E-state index is 4.63. The summed E-state index contributed by atoms with van der Waals surface area (Å²) < 4.78 is 0. The third-order valence-corrected chi connectivity index (χ3v) is 4.51. The van der Waals surface area contributed by atoms with E-state index >= 15 is 0 Å². The Bertz CT molecular complexity index is 417. The molecule has 0 radical (unpaired) electrons. The summed E-state index contributed by atoms with van der Waals surface area (Å²) in [4.78, 5) is 9.42. The molecular weight excluding hydrogens is 260 g/mol. The van der Waals surface area contributed by atoms with Crippen LogP contribution in [0.25, 0.3) is 0 Å². The lowest BCUT2D eigenvalue weighted by Crippen LogP contribution is -2.36. The molecule has 2 unspecified atom stereocenters. The van der Waals surface area contributed by atoms with Crippen LogP contribution in [0.5, 0.6) is 0 Å². The van der Waals surface area contributed by atoms with Crippen molar-refractivity contribution >= 4 is 5.69 Å². The molecule has 0 bridgehead atoms. The molecule has 1 fully saturated rings. The Morgan fingerprint density at radius 3 is 2.86 bits per heavy atom. The van der Waals surface area contributed by atoms with Gasteiger partial charge in [0.15, 0.2) is 0 Å². The zero-order chi connectivity index (χ0) is 15.2. The molecule has 1 aromatic rings. The molecule has 0 aromatic carbocycles. The van der Waals surface area contributed by atoms with Gasteiger partial charge in [0.05, 0.1) is 17.6 Å². The Morgan fingerprint density at radius 1 is 1.48 bits per heavy atom. The molecule has 1 aromatic heterocycles. The van der Waals surface area contributed by atoms with Crippen LogP contribution < -0.4 is 10.2 Å². The highest BCUT2D eigenvalue weighted by molar-refractivity contribution is 5.44. The monoisotopic (exact) mass is 290 g/mol. The molecule has 2 atom stereocenters. The van der Waals surface area contributed by atoms with Crippen LogP contribution in [-0.2, 0) is 0 Å². The average molecular weight is 290 g/mol. The van der Waals surface area contributed by atoms with E-state index in [-0.39, 0.29) is 0 Å². The predicted molar refractivity (Wildman–Crippen MR) is 89.9 cm³/mol. The Balaban J connectivity index is 1.91. The van der Waals surface area contributed by atoms with Crippen LogP contribution in [0.1, 0.15) is 44.8 Å². The molecule has 4 heteroatoms. The maximum Gasteiger partial charge on any atom is 0.0572 e. The molecule has 0 saturated carbocycles. The Hall–Kier alpha value is -1.13. The van der Waals surface area contributed by atoms with Gasteiger partial charge in [-0.25, -0.2) is 0 Å². The summed E-state index contributed by atoms with van der Waals surface area (Å²) in [5.41, 5.74) is 2.33. The van der Waals surface area contributed by atoms with Crippen LogP contribution in [-0.4, -0.2) is 49.7 Å². The van der Waals surface area contributed by atoms with Gasteiger partial charge in [0.2, 0.25) is 0 Å². The zero-order valence-electron chi connectivity index (χ0n) is 14.0. The number of anilines is 1. The summed E-state index contributed by atoms with van der Waals surface area (Å²) in [5.74, 6) is 0. The minimum absolute atomic E-state index is 0.324. The quantitative estimate of drug-likeness (QED) is 0.836. The number of aromatic nitrogens is 1. The van der Waals surface area contributed by atoms with Crippen molar-refractivity contribution in [1.29, 1.82) is 0 Å². The van der Waals surface area contributed by atoms with Crippen LogP contribution in [0.2, 0.25) is 0 Å². The van der Waals surface area contributed by atoms with Gasteiger partial charge in [-0.05, 0) is 58.5 Å². The molecule has 1 saturated heterocycles. The largest absolute Gasteiger partial charge is 0.372 e. The second-order valence-corrected chi connectivity index (χ2v) is 6.27. The summed E-state index contributed by atoms with van der Waals surface area (Å²) >= 11 is 0. The second kappa shape index (κ2) is 7.76. The molecular formula is C17H30N4. The SMILES string of the molecule is CCCNC(C)c1ccc(N(C)CC2CCCN2C)cn1. The first kappa shape index (κ1) is 16.2. The highest BCUT2D eigenvalue weighted by Gasteiger charge is 2.22. The van der Waals surface area contributed by atoms with Crippen LogP contribution in [0.4, 0.5) is 5.69 Å². The van der Waals surface area contributed by atoms with Gasteiger partial charge in [0.1, 0.15) is 0 Å². The topological polar surface area (TPSA) is 31.4 Å². The summed E-state index contributed by atoms with van der Waals surface area (Å²) in [5, 5.41) is 3.48. The van der Waals surface area contributed by atoms with Crippen LogP contribution in [0.15, 0.2) is 18.3 Å². The Labute approximate surface area is 129 Å². The van der Waals surface area contributed by atoms with E-state index in [1.807, 2.05) is 6.20 Å². The molecule has 2 heterocycles. The molecule has 4 nitrogen and oxygen atoms in total. The minimum atomic E-state index is 0.324. The lowest BCUT2D eigenvalue weighted by molar-refractivity contribution is 0.314. The fourth-order valence-electron chi connectivity index (χ4n) is 2.98. The molecule has 21 heavy (non-hydrogen) atoms. The van der Waals surface area contributed by atoms with Crippen molar-refractivity contribution in [3.8, 4) is 0 Å². The highest BCUT2D eigenvalue weighted by atomic mass is 15.2. The molecule has 0 amide bonds. The smallest absolute Gasteiger partial charge is 0.0572 e.